The molecule has 0 aliphatic rings. The zero-order valence-electron chi connectivity index (χ0n) is 9.89. The van der Waals surface area contributed by atoms with Crippen molar-refractivity contribution in [1.29, 1.82) is 0 Å². The summed E-state index contributed by atoms with van der Waals surface area (Å²) in [5.41, 5.74) is -1.64. The number of carbonyl (C=O) groups excluding carboxylic acids is 1. The average molecular weight is 303 g/mol. The molecule has 20 heavy (non-hydrogen) atoms. The van der Waals surface area contributed by atoms with Crippen LogP contribution in [0.2, 0.25) is 0 Å². The Labute approximate surface area is 108 Å². The van der Waals surface area contributed by atoms with Crippen molar-refractivity contribution in [3.8, 4) is 0 Å². The van der Waals surface area contributed by atoms with Gasteiger partial charge in [0.1, 0.15) is 0 Å². The molecule has 2 nitrogen and oxygen atoms in total. The summed E-state index contributed by atoms with van der Waals surface area (Å²) in [5.74, 6) is -1.99. The van der Waals surface area contributed by atoms with Crippen LogP contribution in [-0.2, 0) is 11.0 Å². The van der Waals surface area contributed by atoms with Crippen molar-refractivity contribution in [2.75, 3.05) is 11.9 Å². The minimum absolute atomic E-state index is 0.188. The molecule has 0 N–H and O–H groups in total. The van der Waals surface area contributed by atoms with Crippen molar-refractivity contribution in [3.63, 3.8) is 0 Å². The molecule has 0 radical (unpaired) electrons. The molecule has 0 saturated heterocycles. The molecule has 9 heteroatoms. The molecule has 0 bridgehead atoms. The third-order valence-corrected chi connectivity index (χ3v) is 2.40. The van der Waals surface area contributed by atoms with Crippen LogP contribution in [0.25, 0.3) is 0 Å². The van der Waals surface area contributed by atoms with E-state index in [1.54, 1.807) is 0 Å². The molecular weight excluding hydrogens is 295 g/mol. The fourth-order valence-electron chi connectivity index (χ4n) is 1.33. The molecule has 112 valence electrons. The number of rotatable bonds is 2. The molecule has 0 spiro atoms. The standard InChI is InChI=1S/C11H8F7NO/c1-19(9(20)8(12)11(16,17)18)7-4-2-3-6(5-7)10(13,14)15/h2-5,8H,1H3. The van der Waals surface area contributed by atoms with Gasteiger partial charge >= 0.3 is 12.4 Å². The second-order valence-electron chi connectivity index (χ2n) is 3.85. The predicted molar refractivity (Wildman–Crippen MR) is 55.8 cm³/mol. The van der Waals surface area contributed by atoms with Crippen molar-refractivity contribution in [1.82, 2.24) is 0 Å². The van der Waals surface area contributed by atoms with Gasteiger partial charge in [0.15, 0.2) is 0 Å². The molecule has 1 amide bonds. The van der Waals surface area contributed by atoms with E-state index in [1.807, 2.05) is 0 Å². The quantitative estimate of drug-likeness (QED) is 0.765. The van der Waals surface area contributed by atoms with Crippen LogP contribution in [0.3, 0.4) is 0 Å². The van der Waals surface area contributed by atoms with E-state index in [4.69, 9.17) is 0 Å². The second kappa shape index (κ2) is 5.29. The number of hydrogen-bond donors (Lipinski definition) is 0. The van der Waals surface area contributed by atoms with E-state index in [9.17, 15) is 35.5 Å². The monoisotopic (exact) mass is 303 g/mol. The van der Waals surface area contributed by atoms with E-state index in [2.05, 4.69) is 0 Å². The summed E-state index contributed by atoms with van der Waals surface area (Å²) < 4.78 is 86.2. The number of carbonyl (C=O) groups is 1. The first-order valence-corrected chi connectivity index (χ1v) is 5.10. The minimum Gasteiger partial charge on any atom is -0.313 e. The largest absolute Gasteiger partial charge is 0.428 e. The Bertz CT molecular complexity index is 494. The second-order valence-corrected chi connectivity index (χ2v) is 3.85. The van der Waals surface area contributed by atoms with Crippen LogP contribution in [0.4, 0.5) is 36.4 Å². The third-order valence-electron chi connectivity index (χ3n) is 2.40. The van der Waals surface area contributed by atoms with Crippen molar-refractivity contribution in [3.05, 3.63) is 29.8 Å². The van der Waals surface area contributed by atoms with Crippen molar-refractivity contribution < 1.29 is 35.5 Å². The van der Waals surface area contributed by atoms with Crippen LogP contribution in [-0.4, -0.2) is 25.3 Å². The van der Waals surface area contributed by atoms with Crippen LogP contribution in [0.15, 0.2) is 24.3 Å². The van der Waals surface area contributed by atoms with Crippen molar-refractivity contribution in [2.24, 2.45) is 0 Å². The Morgan fingerprint density at radius 3 is 2.15 bits per heavy atom. The van der Waals surface area contributed by atoms with Crippen molar-refractivity contribution >= 4 is 11.6 Å². The third kappa shape index (κ3) is 3.61. The maximum absolute atomic E-state index is 12.8. The van der Waals surface area contributed by atoms with Crippen molar-refractivity contribution in [2.45, 2.75) is 18.5 Å². The molecule has 0 heterocycles. The first-order valence-electron chi connectivity index (χ1n) is 5.10. The molecule has 1 aromatic rings. The number of amides is 1. The minimum atomic E-state index is -5.41. The van der Waals surface area contributed by atoms with E-state index in [-0.39, 0.29) is 4.90 Å². The summed E-state index contributed by atoms with van der Waals surface area (Å²) in [6.45, 7) is 0. The maximum Gasteiger partial charge on any atom is 0.428 e. The van der Waals surface area contributed by atoms with E-state index >= 15 is 0 Å². The van der Waals surface area contributed by atoms with Crippen LogP contribution in [0.1, 0.15) is 5.56 Å². The first-order chi connectivity index (χ1) is 8.94. The Morgan fingerprint density at radius 2 is 1.70 bits per heavy atom. The highest BCUT2D eigenvalue weighted by atomic mass is 19.4. The number of halogens is 7. The highest BCUT2D eigenvalue weighted by Crippen LogP contribution is 2.32. The summed E-state index contributed by atoms with van der Waals surface area (Å²) >= 11 is 0. The number of benzene rings is 1. The van der Waals surface area contributed by atoms with Gasteiger partial charge in [0.05, 0.1) is 5.56 Å². The Morgan fingerprint density at radius 1 is 1.15 bits per heavy atom. The number of anilines is 1. The summed E-state index contributed by atoms with van der Waals surface area (Å²) in [6.07, 6.45) is -13.9. The van der Waals surface area contributed by atoms with Crippen LogP contribution in [0.5, 0.6) is 0 Å². The molecule has 1 atom stereocenters. The van der Waals surface area contributed by atoms with Gasteiger partial charge in [0.25, 0.3) is 12.1 Å². The van der Waals surface area contributed by atoms with Gasteiger partial charge in [0, 0.05) is 12.7 Å². The van der Waals surface area contributed by atoms with Gasteiger partial charge in [-0.05, 0) is 18.2 Å². The molecule has 0 aliphatic heterocycles. The molecule has 1 rings (SSSR count). The average Bonchev–Trinajstić information content (AvgIpc) is 2.34. The Kier molecular flexibility index (Phi) is 4.30. The van der Waals surface area contributed by atoms with E-state index in [0.717, 1.165) is 19.2 Å². The lowest BCUT2D eigenvalue weighted by Crippen LogP contribution is -2.42. The van der Waals surface area contributed by atoms with Gasteiger partial charge in [-0.2, -0.15) is 26.3 Å². The zero-order valence-corrected chi connectivity index (χ0v) is 9.89. The molecule has 0 fully saturated rings. The van der Waals surface area contributed by atoms with Gasteiger partial charge in [-0.25, -0.2) is 4.39 Å². The number of alkyl halides is 7. The van der Waals surface area contributed by atoms with Gasteiger partial charge in [0.2, 0.25) is 0 Å². The lowest BCUT2D eigenvalue weighted by Gasteiger charge is -2.21. The molecule has 0 aliphatic carbocycles. The fraction of sp³-hybridized carbons (Fsp3) is 0.364. The highest BCUT2D eigenvalue weighted by molar-refractivity contribution is 5.96. The first kappa shape index (κ1) is 16.3. The lowest BCUT2D eigenvalue weighted by molar-refractivity contribution is -0.185. The normalized spacial score (nSPS) is 14.0. The maximum atomic E-state index is 12.8. The lowest BCUT2D eigenvalue weighted by atomic mass is 10.1. The Hall–Kier alpha value is -1.80. The zero-order chi connectivity index (χ0) is 15.7. The fourth-order valence-corrected chi connectivity index (χ4v) is 1.33. The van der Waals surface area contributed by atoms with Crippen LogP contribution >= 0.6 is 0 Å². The predicted octanol–water partition coefficient (Wildman–Crippen LogP) is 3.57. The SMILES string of the molecule is CN(C(=O)C(F)C(F)(F)F)c1cccc(C(F)(F)F)c1. The summed E-state index contributed by atoms with van der Waals surface area (Å²) in [6, 6.07) is 3.01. The van der Waals surface area contributed by atoms with Gasteiger partial charge < -0.3 is 4.90 Å². The smallest absolute Gasteiger partial charge is 0.313 e. The topological polar surface area (TPSA) is 20.3 Å². The molecule has 0 saturated carbocycles. The summed E-state index contributed by atoms with van der Waals surface area (Å²) in [5, 5.41) is 0. The van der Waals surface area contributed by atoms with Gasteiger partial charge in [-0.15, -0.1) is 0 Å². The summed E-state index contributed by atoms with van der Waals surface area (Å²) in [7, 11) is 0.760. The molecule has 0 aromatic heterocycles. The molecule has 1 unspecified atom stereocenters. The van der Waals surface area contributed by atoms with Crippen LogP contribution < -0.4 is 4.90 Å². The van der Waals surface area contributed by atoms with E-state index in [1.165, 1.54) is 0 Å². The molecule has 1 aromatic carbocycles. The van der Waals surface area contributed by atoms with Crippen LogP contribution in [0, 0.1) is 0 Å². The summed E-state index contributed by atoms with van der Waals surface area (Å²) in [4.78, 5) is 11.4. The van der Waals surface area contributed by atoms with Gasteiger partial charge in [-0.1, -0.05) is 6.07 Å². The van der Waals surface area contributed by atoms with E-state index in [0.29, 0.717) is 12.1 Å². The van der Waals surface area contributed by atoms with E-state index < -0.39 is 35.7 Å². The number of nitrogens with zero attached hydrogens (tertiary/aromatic N) is 1. The molecular formula is C11H8F7NO. The number of hydrogen-bond acceptors (Lipinski definition) is 1. The Balaban J connectivity index is 3.04. The highest BCUT2D eigenvalue weighted by Gasteiger charge is 2.47. The van der Waals surface area contributed by atoms with Gasteiger partial charge in [-0.3, -0.25) is 4.79 Å².